The highest BCUT2D eigenvalue weighted by Gasteiger charge is 2.52. The van der Waals surface area contributed by atoms with Crippen molar-refractivity contribution in [2.75, 3.05) is 13.1 Å². The molecular weight excluding hydrogens is 352 g/mol. The van der Waals surface area contributed by atoms with E-state index < -0.39 is 0 Å². The number of hydrogen-bond acceptors (Lipinski definition) is 4. The Hall–Kier alpha value is -2.47. The third-order valence-electron chi connectivity index (χ3n) is 6.57. The Morgan fingerprint density at radius 1 is 0.964 bits per heavy atom. The van der Waals surface area contributed by atoms with Crippen LogP contribution in [0.4, 0.5) is 0 Å². The van der Waals surface area contributed by atoms with Gasteiger partial charge in [-0.05, 0) is 36.8 Å². The van der Waals surface area contributed by atoms with Gasteiger partial charge in [0.2, 0.25) is 11.8 Å². The van der Waals surface area contributed by atoms with E-state index in [0.29, 0.717) is 19.6 Å². The molecule has 0 spiro atoms. The summed E-state index contributed by atoms with van der Waals surface area (Å²) in [5.74, 6) is -0.401. The second-order valence-corrected chi connectivity index (χ2v) is 8.36. The summed E-state index contributed by atoms with van der Waals surface area (Å²) >= 11 is 0. The van der Waals surface area contributed by atoms with Gasteiger partial charge in [-0.1, -0.05) is 30.3 Å². The number of carbonyl (C=O) groups is 2. The Kier molecular flexibility index (Phi) is 4.31. The molecule has 2 atom stereocenters. The van der Waals surface area contributed by atoms with Crippen LogP contribution in [0.25, 0.3) is 0 Å². The molecule has 2 aromatic rings. The molecule has 146 valence electrons. The minimum absolute atomic E-state index is 0.00612. The first-order valence-corrected chi connectivity index (χ1v) is 10.3. The highest BCUT2D eigenvalue weighted by Crippen LogP contribution is 2.35. The van der Waals surface area contributed by atoms with Gasteiger partial charge >= 0.3 is 0 Å². The quantitative estimate of drug-likeness (QED) is 0.763. The molecule has 1 aliphatic carbocycles. The number of aromatic nitrogens is 2. The molecule has 0 saturated carbocycles. The van der Waals surface area contributed by atoms with Gasteiger partial charge in [0, 0.05) is 26.7 Å². The van der Waals surface area contributed by atoms with Gasteiger partial charge in [-0.15, -0.1) is 0 Å². The number of benzene rings is 1. The van der Waals surface area contributed by atoms with E-state index in [0.717, 1.165) is 24.9 Å². The van der Waals surface area contributed by atoms with Crippen molar-refractivity contribution in [1.82, 2.24) is 19.6 Å². The topological polar surface area (TPSA) is 58.4 Å². The van der Waals surface area contributed by atoms with Crippen molar-refractivity contribution in [2.45, 2.75) is 38.8 Å². The molecule has 2 amide bonds. The van der Waals surface area contributed by atoms with Crippen LogP contribution in [-0.4, -0.2) is 44.5 Å². The average Bonchev–Trinajstić information content (AvgIpc) is 3.33. The van der Waals surface area contributed by atoms with Crippen LogP contribution in [0.15, 0.2) is 30.3 Å². The van der Waals surface area contributed by atoms with E-state index in [1.807, 2.05) is 42.1 Å². The molecule has 2 fully saturated rings. The molecule has 0 radical (unpaired) electrons. The van der Waals surface area contributed by atoms with Crippen molar-refractivity contribution in [3.8, 4) is 0 Å². The molecule has 3 aliphatic rings. The van der Waals surface area contributed by atoms with Crippen molar-refractivity contribution < 1.29 is 9.59 Å². The molecule has 0 N–H and O–H groups in total. The lowest BCUT2D eigenvalue weighted by molar-refractivity contribution is -0.141. The van der Waals surface area contributed by atoms with Gasteiger partial charge in [0.05, 0.1) is 29.8 Å². The Bertz CT molecular complexity index is 896. The van der Waals surface area contributed by atoms with Crippen LogP contribution in [-0.2, 0) is 42.6 Å². The summed E-state index contributed by atoms with van der Waals surface area (Å²) in [5, 5.41) is 4.70. The van der Waals surface area contributed by atoms with Crippen molar-refractivity contribution >= 4 is 11.8 Å². The fourth-order valence-corrected chi connectivity index (χ4v) is 5.10. The molecule has 6 heteroatoms. The SMILES string of the molecule is Cn1nc2c(c1CN1CC3C(=O)N(Cc4ccccc4)C(=O)C3C1)CCCC2. The van der Waals surface area contributed by atoms with Crippen LogP contribution < -0.4 is 0 Å². The maximum atomic E-state index is 12.9. The van der Waals surface area contributed by atoms with Gasteiger partial charge in [0.25, 0.3) is 0 Å². The number of hydrogen-bond donors (Lipinski definition) is 0. The van der Waals surface area contributed by atoms with E-state index in [2.05, 4.69) is 4.90 Å². The molecule has 5 rings (SSSR count). The van der Waals surface area contributed by atoms with E-state index in [4.69, 9.17) is 5.10 Å². The lowest BCUT2D eigenvalue weighted by Crippen LogP contribution is -2.35. The van der Waals surface area contributed by atoms with Gasteiger partial charge in [-0.3, -0.25) is 24.1 Å². The van der Waals surface area contributed by atoms with E-state index in [-0.39, 0.29) is 23.7 Å². The molecule has 1 aromatic carbocycles. The zero-order valence-corrected chi connectivity index (χ0v) is 16.3. The first kappa shape index (κ1) is 17.6. The summed E-state index contributed by atoms with van der Waals surface area (Å²) in [5.41, 5.74) is 4.90. The average molecular weight is 378 g/mol. The van der Waals surface area contributed by atoms with Crippen LogP contribution in [0, 0.1) is 11.8 Å². The molecule has 6 nitrogen and oxygen atoms in total. The van der Waals surface area contributed by atoms with Crippen LogP contribution in [0.2, 0.25) is 0 Å². The molecule has 2 unspecified atom stereocenters. The molecule has 3 heterocycles. The molecule has 2 saturated heterocycles. The predicted octanol–water partition coefficient (Wildman–Crippen LogP) is 1.92. The number of likely N-dealkylation sites (tertiary alicyclic amines) is 2. The van der Waals surface area contributed by atoms with Gasteiger partial charge in [-0.2, -0.15) is 5.10 Å². The number of carbonyl (C=O) groups excluding carboxylic acids is 2. The number of fused-ring (bicyclic) bond motifs is 2. The molecular formula is C22H26N4O2. The number of rotatable bonds is 4. The van der Waals surface area contributed by atoms with Crippen molar-refractivity contribution in [2.24, 2.45) is 18.9 Å². The zero-order valence-electron chi connectivity index (χ0n) is 16.3. The molecule has 2 aliphatic heterocycles. The number of aryl methyl sites for hydroxylation is 2. The van der Waals surface area contributed by atoms with Crippen molar-refractivity contribution in [3.63, 3.8) is 0 Å². The highest BCUT2D eigenvalue weighted by atomic mass is 16.2. The summed E-state index contributed by atoms with van der Waals surface area (Å²) in [6.45, 7) is 2.51. The van der Waals surface area contributed by atoms with E-state index in [9.17, 15) is 9.59 Å². The van der Waals surface area contributed by atoms with Crippen molar-refractivity contribution in [3.05, 3.63) is 52.8 Å². The maximum absolute atomic E-state index is 12.9. The summed E-state index contributed by atoms with van der Waals surface area (Å²) in [4.78, 5) is 29.6. The summed E-state index contributed by atoms with van der Waals surface area (Å²) in [7, 11) is 2.02. The maximum Gasteiger partial charge on any atom is 0.234 e. The molecule has 0 bridgehead atoms. The Morgan fingerprint density at radius 2 is 1.64 bits per heavy atom. The van der Waals surface area contributed by atoms with Gasteiger partial charge in [0.1, 0.15) is 0 Å². The van der Waals surface area contributed by atoms with E-state index in [1.54, 1.807) is 0 Å². The van der Waals surface area contributed by atoms with Crippen LogP contribution in [0.3, 0.4) is 0 Å². The zero-order chi connectivity index (χ0) is 19.3. The Labute approximate surface area is 165 Å². The van der Waals surface area contributed by atoms with Gasteiger partial charge < -0.3 is 0 Å². The normalized spacial score (nSPS) is 24.7. The lowest BCUT2D eigenvalue weighted by Gasteiger charge is -2.21. The van der Waals surface area contributed by atoms with Gasteiger partial charge in [0.15, 0.2) is 0 Å². The fraction of sp³-hybridized carbons (Fsp3) is 0.500. The van der Waals surface area contributed by atoms with Crippen molar-refractivity contribution in [1.29, 1.82) is 0 Å². The number of imide groups is 1. The second-order valence-electron chi connectivity index (χ2n) is 8.36. The Morgan fingerprint density at radius 3 is 2.36 bits per heavy atom. The fourth-order valence-electron chi connectivity index (χ4n) is 5.10. The number of nitrogens with zero attached hydrogens (tertiary/aromatic N) is 4. The highest BCUT2D eigenvalue weighted by molar-refractivity contribution is 6.05. The van der Waals surface area contributed by atoms with E-state index in [1.165, 1.54) is 34.7 Å². The first-order chi connectivity index (χ1) is 13.6. The standard InChI is InChI=1S/C22H26N4O2/c1-24-20(16-9-5-6-10-19(16)23-24)14-25-12-17-18(13-25)22(28)26(21(17)27)11-15-7-3-2-4-8-15/h2-4,7-8,17-18H,5-6,9-14H2,1H3. The predicted molar refractivity (Wildman–Crippen MR) is 104 cm³/mol. The Balaban J connectivity index is 1.29. The minimum Gasteiger partial charge on any atom is -0.296 e. The smallest absolute Gasteiger partial charge is 0.234 e. The summed E-state index contributed by atoms with van der Waals surface area (Å²) in [6, 6.07) is 9.76. The van der Waals surface area contributed by atoms with Crippen LogP contribution in [0.1, 0.15) is 35.4 Å². The van der Waals surface area contributed by atoms with Gasteiger partial charge in [-0.25, -0.2) is 0 Å². The second kappa shape index (κ2) is 6.85. The summed E-state index contributed by atoms with van der Waals surface area (Å²) < 4.78 is 2.01. The van der Waals surface area contributed by atoms with Crippen LogP contribution >= 0.6 is 0 Å². The number of amides is 2. The summed E-state index contributed by atoms with van der Waals surface area (Å²) in [6.07, 6.45) is 4.61. The third-order valence-corrected chi connectivity index (χ3v) is 6.57. The minimum atomic E-state index is -0.194. The molecule has 1 aromatic heterocycles. The van der Waals surface area contributed by atoms with Crippen LogP contribution in [0.5, 0.6) is 0 Å². The largest absolute Gasteiger partial charge is 0.296 e. The monoisotopic (exact) mass is 378 g/mol. The molecule has 28 heavy (non-hydrogen) atoms. The first-order valence-electron chi connectivity index (χ1n) is 10.3. The third kappa shape index (κ3) is 2.87. The lowest BCUT2D eigenvalue weighted by atomic mass is 9.96. The van der Waals surface area contributed by atoms with E-state index >= 15 is 0 Å².